The molecule has 3 N–H and O–H groups in total. The van der Waals surface area contributed by atoms with Crippen LogP contribution in [0.15, 0.2) is 24.3 Å². The Morgan fingerprint density at radius 3 is 2.45 bits per heavy atom. The van der Waals surface area contributed by atoms with Crippen molar-refractivity contribution in [2.24, 2.45) is 11.7 Å². The van der Waals surface area contributed by atoms with Crippen molar-refractivity contribution in [3.05, 3.63) is 35.6 Å². The van der Waals surface area contributed by atoms with Crippen LogP contribution in [0, 0.1) is 11.7 Å². The van der Waals surface area contributed by atoms with Gasteiger partial charge in [0.05, 0.1) is 5.41 Å². The Bertz CT molecular complexity index is 457. The summed E-state index contributed by atoms with van der Waals surface area (Å²) in [5.41, 5.74) is 6.08. The molecule has 20 heavy (non-hydrogen) atoms. The van der Waals surface area contributed by atoms with Crippen molar-refractivity contribution in [1.29, 1.82) is 0 Å². The van der Waals surface area contributed by atoms with E-state index >= 15 is 0 Å². The summed E-state index contributed by atoms with van der Waals surface area (Å²) >= 11 is 0. The number of carbonyl (C=O) groups is 1. The highest BCUT2D eigenvalue weighted by molar-refractivity contribution is 5.87. The molecule has 1 saturated carbocycles. The van der Waals surface area contributed by atoms with Gasteiger partial charge in [-0.3, -0.25) is 4.79 Å². The molecule has 1 amide bonds. The fourth-order valence-electron chi connectivity index (χ4n) is 2.12. The van der Waals surface area contributed by atoms with E-state index in [9.17, 15) is 9.18 Å². The lowest BCUT2D eigenvalue weighted by atomic mass is 9.83. The average Bonchev–Trinajstić information content (AvgIpc) is 3.20. The lowest BCUT2D eigenvalue weighted by molar-refractivity contribution is -0.125. The minimum absolute atomic E-state index is 0. The summed E-state index contributed by atoms with van der Waals surface area (Å²) in [5, 5.41) is 2.90. The van der Waals surface area contributed by atoms with Gasteiger partial charge in [-0.25, -0.2) is 4.39 Å². The Labute approximate surface area is 125 Å². The molecule has 2 rings (SSSR count). The number of hydrogen-bond donors (Lipinski definition) is 2. The third-order valence-corrected chi connectivity index (χ3v) is 3.86. The molecule has 1 aliphatic rings. The zero-order chi connectivity index (χ0) is 14.0. The molecule has 3 nitrogen and oxygen atoms in total. The van der Waals surface area contributed by atoms with Gasteiger partial charge in [-0.2, -0.15) is 0 Å². The highest BCUT2D eigenvalue weighted by Crippen LogP contribution is 2.31. The predicted molar refractivity (Wildman–Crippen MR) is 80.4 cm³/mol. The van der Waals surface area contributed by atoms with Gasteiger partial charge in [0, 0.05) is 12.6 Å². The average molecular weight is 301 g/mol. The predicted octanol–water partition coefficient (Wildman–Crippen LogP) is 2.38. The molecule has 0 saturated heterocycles. The number of hydrogen-bond acceptors (Lipinski definition) is 2. The fourth-order valence-corrected chi connectivity index (χ4v) is 2.12. The molecular weight excluding hydrogens is 279 g/mol. The van der Waals surface area contributed by atoms with Crippen LogP contribution in [0.1, 0.15) is 32.3 Å². The molecule has 0 heterocycles. The van der Waals surface area contributed by atoms with E-state index in [0.29, 0.717) is 12.5 Å². The van der Waals surface area contributed by atoms with E-state index in [-0.39, 0.29) is 30.2 Å². The van der Waals surface area contributed by atoms with E-state index in [1.807, 2.05) is 13.8 Å². The molecule has 1 aromatic carbocycles. The number of nitrogens with one attached hydrogen (secondary N) is 1. The molecule has 5 heteroatoms. The van der Waals surface area contributed by atoms with E-state index in [1.165, 1.54) is 25.0 Å². The minimum atomic E-state index is -0.684. The first-order valence-corrected chi connectivity index (χ1v) is 6.71. The monoisotopic (exact) mass is 300 g/mol. The van der Waals surface area contributed by atoms with Crippen molar-refractivity contribution in [3.63, 3.8) is 0 Å². The second kappa shape index (κ2) is 6.55. The zero-order valence-electron chi connectivity index (χ0n) is 11.9. The topological polar surface area (TPSA) is 55.1 Å². The molecule has 0 aromatic heterocycles. The largest absolute Gasteiger partial charge is 0.354 e. The number of rotatable bonds is 5. The van der Waals surface area contributed by atoms with Gasteiger partial charge >= 0.3 is 0 Å². The van der Waals surface area contributed by atoms with Gasteiger partial charge in [0.1, 0.15) is 5.82 Å². The van der Waals surface area contributed by atoms with Gasteiger partial charge in [0.15, 0.2) is 0 Å². The van der Waals surface area contributed by atoms with Crippen LogP contribution in [0.4, 0.5) is 4.39 Å². The second-order valence-electron chi connectivity index (χ2n) is 5.84. The first-order valence-electron chi connectivity index (χ1n) is 6.71. The summed E-state index contributed by atoms with van der Waals surface area (Å²) in [6.45, 7) is 4.17. The SMILES string of the molecule is CC(C)(C(=O)NCC(N)C1CC1)c1ccc(F)cc1.Cl. The number of carbonyl (C=O) groups excluding carboxylic acids is 1. The maximum Gasteiger partial charge on any atom is 0.230 e. The first kappa shape index (κ1) is 16.9. The number of halogens is 2. The van der Waals surface area contributed by atoms with Gasteiger partial charge in [0.2, 0.25) is 5.91 Å². The van der Waals surface area contributed by atoms with E-state index in [2.05, 4.69) is 5.32 Å². The maximum atomic E-state index is 12.9. The Hall–Kier alpha value is -1.13. The molecule has 1 aliphatic carbocycles. The highest BCUT2D eigenvalue weighted by Gasteiger charge is 2.32. The molecule has 1 fully saturated rings. The Morgan fingerprint density at radius 2 is 1.95 bits per heavy atom. The summed E-state index contributed by atoms with van der Waals surface area (Å²) in [4.78, 5) is 12.2. The molecule has 0 spiro atoms. The summed E-state index contributed by atoms with van der Waals surface area (Å²) < 4.78 is 12.9. The van der Waals surface area contributed by atoms with Crippen LogP contribution in [-0.2, 0) is 10.2 Å². The fraction of sp³-hybridized carbons (Fsp3) is 0.533. The van der Waals surface area contributed by atoms with E-state index < -0.39 is 5.41 Å². The lowest BCUT2D eigenvalue weighted by Crippen LogP contribution is -2.45. The van der Waals surface area contributed by atoms with E-state index in [1.54, 1.807) is 12.1 Å². The number of benzene rings is 1. The van der Waals surface area contributed by atoms with Gasteiger partial charge in [-0.05, 0) is 50.3 Å². The van der Waals surface area contributed by atoms with Crippen molar-refractivity contribution in [3.8, 4) is 0 Å². The quantitative estimate of drug-likeness (QED) is 0.877. The van der Waals surface area contributed by atoms with Gasteiger partial charge in [-0.15, -0.1) is 12.4 Å². The van der Waals surface area contributed by atoms with E-state index in [0.717, 1.165) is 5.56 Å². The summed E-state index contributed by atoms with van der Waals surface area (Å²) in [6.07, 6.45) is 2.33. The lowest BCUT2D eigenvalue weighted by Gasteiger charge is -2.25. The van der Waals surface area contributed by atoms with Crippen LogP contribution in [0.2, 0.25) is 0 Å². The van der Waals surface area contributed by atoms with Gasteiger partial charge in [0.25, 0.3) is 0 Å². The molecule has 0 bridgehead atoms. The van der Waals surface area contributed by atoms with Crippen LogP contribution in [0.25, 0.3) is 0 Å². The molecule has 0 aliphatic heterocycles. The number of nitrogens with two attached hydrogens (primary N) is 1. The third kappa shape index (κ3) is 3.93. The smallest absolute Gasteiger partial charge is 0.230 e. The van der Waals surface area contributed by atoms with Crippen LogP contribution < -0.4 is 11.1 Å². The van der Waals surface area contributed by atoms with Crippen LogP contribution in [0.3, 0.4) is 0 Å². The zero-order valence-corrected chi connectivity index (χ0v) is 12.7. The molecule has 1 aromatic rings. The molecule has 1 unspecified atom stereocenters. The van der Waals surface area contributed by atoms with Gasteiger partial charge in [-0.1, -0.05) is 12.1 Å². The van der Waals surface area contributed by atoms with Crippen molar-refractivity contribution in [2.75, 3.05) is 6.54 Å². The van der Waals surface area contributed by atoms with Crippen LogP contribution >= 0.6 is 12.4 Å². The van der Waals surface area contributed by atoms with E-state index in [4.69, 9.17) is 5.73 Å². The van der Waals surface area contributed by atoms with Crippen molar-refractivity contribution in [2.45, 2.75) is 38.1 Å². The maximum absolute atomic E-state index is 12.9. The second-order valence-corrected chi connectivity index (χ2v) is 5.84. The number of amides is 1. The summed E-state index contributed by atoms with van der Waals surface area (Å²) in [6, 6.07) is 6.10. The highest BCUT2D eigenvalue weighted by atomic mass is 35.5. The van der Waals surface area contributed by atoms with Crippen LogP contribution in [-0.4, -0.2) is 18.5 Å². The first-order chi connectivity index (χ1) is 8.91. The van der Waals surface area contributed by atoms with Crippen molar-refractivity contribution >= 4 is 18.3 Å². The normalized spacial score (nSPS) is 16.2. The summed E-state index contributed by atoms with van der Waals surface area (Å²) in [7, 11) is 0. The van der Waals surface area contributed by atoms with Crippen LogP contribution in [0.5, 0.6) is 0 Å². The molecule has 1 atom stereocenters. The van der Waals surface area contributed by atoms with Crippen molar-refractivity contribution < 1.29 is 9.18 Å². The third-order valence-electron chi connectivity index (χ3n) is 3.86. The molecular formula is C15H22ClFN2O. The molecule has 0 radical (unpaired) electrons. The van der Waals surface area contributed by atoms with Gasteiger partial charge < -0.3 is 11.1 Å². The van der Waals surface area contributed by atoms with Crippen molar-refractivity contribution in [1.82, 2.24) is 5.32 Å². The minimum Gasteiger partial charge on any atom is -0.354 e. The molecule has 112 valence electrons. The Morgan fingerprint density at radius 1 is 1.40 bits per heavy atom. The standard InChI is InChI=1S/C15H21FN2O.ClH/c1-15(2,11-5-7-12(16)8-6-11)14(19)18-9-13(17)10-3-4-10;/h5-8,10,13H,3-4,9,17H2,1-2H3,(H,18,19);1H. The Kier molecular flexibility index (Phi) is 5.54. The Balaban J connectivity index is 0.00000200. The summed E-state index contributed by atoms with van der Waals surface area (Å²) in [5.74, 6) is 0.195.